The van der Waals surface area contributed by atoms with E-state index in [0.717, 1.165) is 10.0 Å². The van der Waals surface area contributed by atoms with Gasteiger partial charge in [-0.1, -0.05) is 6.07 Å². The summed E-state index contributed by atoms with van der Waals surface area (Å²) in [6.45, 7) is 7.15. The molecule has 0 saturated heterocycles. The Hall–Kier alpha value is -2.03. The third-order valence-corrected chi connectivity index (χ3v) is 6.03. The number of carbonyl (C=O) groups is 1. The van der Waals surface area contributed by atoms with Crippen LogP contribution in [0.2, 0.25) is 0 Å². The number of halogens is 1. The van der Waals surface area contributed by atoms with Gasteiger partial charge in [0.25, 0.3) is 11.5 Å². The molecule has 0 aliphatic heterocycles. The minimum absolute atomic E-state index is 0.149. The minimum atomic E-state index is -0.250. The first-order chi connectivity index (χ1) is 12.9. The van der Waals surface area contributed by atoms with Gasteiger partial charge in [0.2, 0.25) is 0 Å². The second-order valence-corrected chi connectivity index (χ2v) is 7.97. The molecule has 2 aromatic heterocycles. The first kappa shape index (κ1) is 19.7. The van der Waals surface area contributed by atoms with E-state index in [-0.39, 0.29) is 11.5 Å². The normalized spacial score (nSPS) is 11.1. The van der Waals surface area contributed by atoms with Crippen molar-refractivity contribution >= 4 is 49.1 Å². The van der Waals surface area contributed by atoms with Crippen LogP contribution >= 0.6 is 27.3 Å². The molecule has 0 aliphatic rings. The largest absolute Gasteiger partial charge is 0.380 e. The van der Waals surface area contributed by atoms with E-state index < -0.39 is 0 Å². The highest BCUT2D eigenvalue weighted by molar-refractivity contribution is 9.10. The van der Waals surface area contributed by atoms with Crippen LogP contribution in [0.5, 0.6) is 0 Å². The van der Waals surface area contributed by atoms with Gasteiger partial charge in [-0.3, -0.25) is 14.2 Å². The van der Waals surface area contributed by atoms with Gasteiger partial charge in [0, 0.05) is 11.1 Å². The van der Waals surface area contributed by atoms with Crippen LogP contribution in [-0.2, 0) is 11.3 Å². The Kier molecular flexibility index (Phi) is 6.08. The molecule has 0 spiro atoms. The lowest BCUT2D eigenvalue weighted by Gasteiger charge is -2.07. The lowest BCUT2D eigenvalue weighted by molar-refractivity contribution is 0.103. The predicted molar refractivity (Wildman–Crippen MR) is 112 cm³/mol. The van der Waals surface area contributed by atoms with Crippen LogP contribution in [0, 0.1) is 13.8 Å². The summed E-state index contributed by atoms with van der Waals surface area (Å²) in [6.07, 6.45) is 1.51. The molecular formula is C19H20BrN3O3S. The number of hydrogen-bond donors (Lipinski definition) is 1. The molecule has 0 radical (unpaired) electrons. The fraction of sp³-hybridized carbons (Fsp3) is 0.316. The van der Waals surface area contributed by atoms with Crippen molar-refractivity contribution in [1.29, 1.82) is 0 Å². The van der Waals surface area contributed by atoms with Crippen molar-refractivity contribution in [2.24, 2.45) is 0 Å². The van der Waals surface area contributed by atoms with Crippen molar-refractivity contribution < 1.29 is 9.53 Å². The molecule has 8 heteroatoms. The molecule has 0 bridgehead atoms. The highest BCUT2D eigenvalue weighted by Gasteiger charge is 2.20. The summed E-state index contributed by atoms with van der Waals surface area (Å²) in [5, 5.41) is 3.39. The number of benzene rings is 1. The Morgan fingerprint density at radius 2 is 2.15 bits per heavy atom. The van der Waals surface area contributed by atoms with E-state index in [2.05, 4.69) is 26.2 Å². The summed E-state index contributed by atoms with van der Waals surface area (Å²) in [5.74, 6) is -0.250. The zero-order valence-electron chi connectivity index (χ0n) is 15.3. The molecule has 1 N–H and O–H groups in total. The van der Waals surface area contributed by atoms with Crippen LogP contribution in [0.15, 0.2) is 33.8 Å². The minimum Gasteiger partial charge on any atom is -0.380 e. The van der Waals surface area contributed by atoms with Crippen LogP contribution in [0.1, 0.15) is 27.7 Å². The van der Waals surface area contributed by atoms with Crippen LogP contribution in [0.3, 0.4) is 0 Å². The summed E-state index contributed by atoms with van der Waals surface area (Å²) >= 11 is 4.69. The molecule has 3 rings (SSSR count). The number of rotatable bonds is 6. The maximum absolute atomic E-state index is 12.8. The highest BCUT2D eigenvalue weighted by atomic mass is 79.9. The van der Waals surface area contributed by atoms with Gasteiger partial charge in [-0.15, -0.1) is 11.3 Å². The van der Waals surface area contributed by atoms with Gasteiger partial charge in [-0.05, 0) is 60.0 Å². The Bertz CT molecular complexity index is 1060. The van der Waals surface area contributed by atoms with Crippen LogP contribution in [0.25, 0.3) is 10.2 Å². The molecule has 2 heterocycles. The smallest absolute Gasteiger partial charge is 0.266 e. The van der Waals surface area contributed by atoms with Crippen molar-refractivity contribution in [2.75, 3.05) is 18.5 Å². The quantitative estimate of drug-likeness (QED) is 0.574. The van der Waals surface area contributed by atoms with Gasteiger partial charge in [0.1, 0.15) is 4.83 Å². The number of carbonyl (C=O) groups excluding carboxylic acids is 1. The molecule has 6 nitrogen and oxygen atoms in total. The SMILES string of the molecule is CCOCCn1cnc2sc(C(=O)Nc3ccc(C)cc3Br)c(C)c2c1=O. The summed E-state index contributed by atoms with van der Waals surface area (Å²) in [4.78, 5) is 31.0. The molecule has 0 aliphatic carbocycles. The van der Waals surface area contributed by atoms with Gasteiger partial charge < -0.3 is 10.1 Å². The average Bonchev–Trinajstić information content (AvgIpc) is 2.97. The maximum Gasteiger partial charge on any atom is 0.266 e. The second-order valence-electron chi connectivity index (χ2n) is 6.11. The maximum atomic E-state index is 12.8. The number of nitrogens with zero attached hydrogens (tertiary/aromatic N) is 2. The monoisotopic (exact) mass is 449 g/mol. The number of nitrogens with one attached hydrogen (secondary N) is 1. The number of anilines is 1. The highest BCUT2D eigenvalue weighted by Crippen LogP contribution is 2.29. The van der Waals surface area contributed by atoms with E-state index in [1.807, 2.05) is 32.0 Å². The first-order valence-electron chi connectivity index (χ1n) is 8.56. The Morgan fingerprint density at radius 3 is 2.85 bits per heavy atom. The molecule has 0 atom stereocenters. The van der Waals surface area contributed by atoms with Gasteiger partial charge in [-0.25, -0.2) is 4.98 Å². The molecule has 142 valence electrons. The first-order valence-corrected chi connectivity index (χ1v) is 10.2. The number of thiophene rings is 1. The van der Waals surface area contributed by atoms with Crippen LogP contribution in [-0.4, -0.2) is 28.7 Å². The van der Waals surface area contributed by atoms with E-state index in [9.17, 15) is 9.59 Å². The molecule has 27 heavy (non-hydrogen) atoms. The lowest BCUT2D eigenvalue weighted by atomic mass is 10.2. The number of ether oxygens (including phenoxy) is 1. The van der Waals surface area contributed by atoms with E-state index in [1.54, 1.807) is 6.92 Å². The molecule has 1 amide bonds. The molecule has 0 saturated carbocycles. The Morgan fingerprint density at radius 1 is 1.37 bits per heavy atom. The van der Waals surface area contributed by atoms with Crippen molar-refractivity contribution in [3.63, 3.8) is 0 Å². The summed E-state index contributed by atoms with van der Waals surface area (Å²) in [7, 11) is 0. The van der Waals surface area contributed by atoms with Gasteiger partial charge in [0.05, 0.1) is 35.4 Å². The van der Waals surface area contributed by atoms with Crippen molar-refractivity contribution in [3.05, 3.63) is 55.4 Å². The number of amides is 1. The van der Waals surface area contributed by atoms with Crippen molar-refractivity contribution in [2.45, 2.75) is 27.3 Å². The van der Waals surface area contributed by atoms with Crippen molar-refractivity contribution in [3.8, 4) is 0 Å². The number of hydrogen-bond acceptors (Lipinski definition) is 5. The fourth-order valence-electron chi connectivity index (χ4n) is 2.74. The molecule has 1 aromatic carbocycles. The van der Waals surface area contributed by atoms with Crippen LogP contribution < -0.4 is 10.9 Å². The fourth-order valence-corrected chi connectivity index (χ4v) is 4.37. The Labute approximate surface area is 169 Å². The summed E-state index contributed by atoms with van der Waals surface area (Å²) < 4.78 is 7.65. The third kappa shape index (κ3) is 4.12. The van der Waals surface area contributed by atoms with Gasteiger partial charge in [0.15, 0.2) is 0 Å². The lowest BCUT2D eigenvalue weighted by Crippen LogP contribution is -2.23. The second kappa shape index (κ2) is 8.33. The van der Waals surface area contributed by atoms with Gasteiger partial charge in [-0.2, -0.15) is 0 Å². The van der Waals surface area contributed by atoms with Crippen LogP contribution in [0.4, 0.5) is 5.69 Å². The number of aromatic nitrogens is 2. The molecular weight excluding hydrogens is 430 g/mol. The molecule has 0 fully saturated rings. The topological polar surface area (TPSA) is 73.2 Å². The summed E-state index contributed by atoms with van der Waals surface area (Å²) in [6, 6.07) is 5.71. The molecule has 0 unspecified atom stereocenters. The predicted octanol–water partition coefficient (Wildman–Crippen LogP) is 4.13. The zero-order valence-corrected chi connectivity index (χ0v) is 17.7. The van der Waals surface area contributed by atoms with E-state index in [4.69, 9.17) is 4.74 Å². The van der Waals surface area contributed by atoms with Gasteiger partial charge >= 0.3 is 0 Å². The summed E-state index contributed by atoms with van der Waals surface area (Å²) in [5.41, 5.74) is 2.28. The average molecular weight is 450 g/mol. The third-order valence-electron chi connectivity index (χ3n) is 4.18. The van der Waals surface area contributed by atoms with E-state index >= 15 is 0 Å². The standard InChI is InChI=1S/C19H20BrN3O3S/c1-4-26-8-7-23-10-21-18-15(19(23)25)12(3)16(27-18)17(24)22-14-6-5-11(2)9-13(14)20/h5-6,9-10H,4,7-8H2,1-3H3,(H,22,24). The number of aryl methyl sites for hydroxylation is 2. The van der Waals surface area contributed by atoms with E-state index in [0.29, 0.717) is 46.1 Å². The Balaban J connectivity index is 1.93. The number of fused-ring (bicyclic) bond motifs is 1. The van der Waals surface area contributed by atoms with Crippen molar-refractivity contribution in [1.82, 2.24) is 9.55 Å². The van der Waals surface area contributed by atoms with E-state index in [1.165, 1.54) is 22.2 Å². The molecule has 3 aromatic rings. The zero-order chi connectivity index (χ0) is 19.6.